The van der Waals surface area contributed by atoms with Gasteiger partial charge in [0, 0.05) is 99.5 Å². The Labute approximate surface area is 764 Å². The molecule has 0 fully saturated rings. The highest BCUT2D eigenvalue weighted by Crippen LogP contribution is 2.48. The summed E-state index contributed by atoms with van der Waals surface area (Å²) in [5.41, 5.74) is 38.4. The first-order chi connectivity index (χ1) is 65.4. The SMILES string of the molecule is c1ccc(-c2ccc(N(c3ccc(-c4ccccc4)cc3)c3ccc(-c4ccc(-c5cc(-c6cccc7c6oc6ccccc67)cc(-c6cccc7c6oc6ccccc67)c5)cc4)cc3)cc2)cc1.c1ccc(-c2cccc(N(c3ccccc3)c3ccc(-c4ccc(-c5cc(-c6cccc7c6oc6ccccc67)cc(-c6cccc7c6oc6ccccc67)c5)cc4)cc3)c2)cc1. The summed E-state index contributed by atoms with van der Waals surface area (Å²) in [6, 6.07) is 177. The standard InChI is InChI=1S/C66H43NO2.C60H39NO2/c1-3-13-44(14-4-1)47-29-35-54(36-30-47)67(55-37-31-48(32-38-55)45-15-5-2-6-16-45)56-39-33-49(34-40-56)46-25-27-50(28-26-46)51-41-52(57-19-11-21-61-59-17-7-9-23-63(59)68-65(57)61)43-53(42-51)58-20-12-22-62-60-18-8-10-24-64(60)69-66(58)62;1-3-14-40(15-4-1)44-16-11-19-50(39-44)61(48-17-5-2-6-18-48)49-34-32-42(33-35-49)41-28-30-43(31-29-41)45-36-46(51-22-12-24-55-53-20-7-9-26-57(53)62-59(51)55)38-47(37-45)52-23-13-25-56-54-21-8-10-27-58(54)63-60(52)56/h1-43H;1-39H. The van der Waals surface area contributed by atoms with Crippen molar-refractivity contribution in [3.8, 4) is 122 Å². The lowest BCUT2D eigenvalue weighted by atomic mass is 9.91. The van der Waals surface area contributed by atoms with Crippen LogP contribution in [0.25, 0.3) is 210 Å². The molecule has 0 aliphatic rings. The van der Waals surface area contributed by atoms with Gasteiger partial charge in [0.15, 0.2) is 0 Å². The predicted molar refractivity (Wildman–Crippen MR) is 551 cm³/mol. The van der Waals surface area contributed by atoms with Gasteiger partial charge in [0.05, 0.1) is 0 Å². The van der Waals surface area contributed by atoms with Crippen molar-refractivity contribution in [1.82, 2.24) is 0 Å². The molecule has 0 saturated carbocycles. The fourth-order valence-corrected chi connectivity index (χ4v) is 19.2. The van der Waals surface area contributed by atoms with Crippen molar-refractivity contribution in [3.05, 3.63) is 497 Å². The van der Waals surface area contributed by atoms with Gasteiger partial charge in [0.25, 0.3) is 0 Å². The Bertz CT molecular complexity index is 8230. The average molecular weight is 1690 g/mol. The molecular weight excluding hydrogens is 1610 g/mol. The smallest absolute Gasteiger partial charge is 0.143 e. The minimum atomic E-state index is 0.884. The van der Waals surface area contributed by atoms with E-state index in [9.17, 15) is 0 Å². The highest BCUT2D eigenvalue weighted by atomic mass is 16.3. The van der Waals surface area contributed by atoms with Crippen LogP contribution < -0.4 is 9.80 Å². The second-order valence-corrected chi connectivity index (χ2v) is 33.7. The van der Waals surface area contributed by atoms with E-state index in [0.29, 0.717) is 0 Å². The van der Waals surface area contributed by atoms with Crippen LogP contribution in [0.5, 0.6) is 0 Å². The summed E-state index contributed by atoms with van der Waals surface area (Å²) in [7, 11) is 0. The molecule has 4 aromatic heterocycles. The molecule has 4 heterocycles. The molecule has 0 aliphatic carbocycles. The minimum Gasteiger partial charge on any atom is -0.455 e. The second kappa shape index (κ2) is 33.6. The fraction of sp³-hybridized carbons (Fsp3) is 0. The highest BCUT2D eigenvalue weighted by molar-refractivity contribution is 6.14. The van der Waals surface area contributed by atoms with E-state index < -0.39 is 0 Å². The van der Waals surface area contributed by atoms with Gasteiger partial charge in [-0.15, -0.1) is 0 Å². The molecule has 0 radical (unpaired) electrons. The number of hydrogen-bond acceptors (Lipinski definition) is 6. The number of rotatable bonds is 17. The van der Waals surface area contributed by atoms with E-state index in [4.69, 9.17) is 17.7 Å². The van der Waals surface area contributed by atoms with Crippen LogP contribution >= 0.6 is 0 Å². The van der Waals surface area contributed by atoms with Crippen LogP contribution in [0.3, 0.4) is 0 Å². The molecule has 0 saturated heterocycles. The fourth-order valence-electron chi connectivity index (χ4n) is 19.2. The Morgan fingerprint density at radius 2 is 0.303 bits per heavy atom. The Hall–Kier alpha value is -17.6. The number of furan rings is 4. The molecule has 0 spiro atoms. The van der Waals surface area contributed by atoms with Crippen molar-refractivity contribution in [2.75, 3.05) is 9.80 Å². The molecule has 6 heteroatoms. The normalized spacial score (nSPS) is 11.5. The van der Waals surface area contributed by atoms with Gasteiger partial charge in [-0.05, 0) is 234 Å². The Balaban J connectivity index is 0.000000146. The Morgan fingerprint density at radius 1 is 0.114 bits per heavy atom. The summed E-state index contributed by atoms with van der Waals surface area (Å²) < 4.78 is 26.4. The van der Waals surface area contributed by atoms with Crippen LogP contribution in [-0.4, -0.2) is 0 Å². The molecular formula is C126H82N2O4. The molecule has 0 amide bonds. The summed E-state index contributed by atoms with van der Waals surface area (Å²) in [6.07, 6.45) is 0. The summed E-state index contributed by atoms with van der Waals surface area (Å²) in [4.78, 5) is 4.65. The van der Waals surface area contributed by atoms with Crippen molar-refractivity contribution >= 4 is 122 Å². The maximum Gasteiger partial charge on any atom is 0.143 e. The zero-order valence-electron chi connectivity index (χ0n) is 71.9. The lowest BCUT2D eigenvalue weighted by molar-refractivity contribution is 0.669. The van der Waals surface area contributed by atoms with Crippen molar-refractivity contribution in [1.29, 1.82) is 0 Å². The van der Waals surface area contributed by atoms with Crippen LogP contribution in [0.2, 0.25) is 0 Å². The third kappa shape index (κ3) is 14.7. The number of fused-ring (bicyclic) bond motifs is 12. The molecule has 132 heavy (non-hydrogen) atoms. The molecule has 620 valence electrons. The van der Waals surface area contributed by atoms with Crippen molar-refractivity contribution in [3.63, 3.8) is 0 Å². The maximum atomic E-state index is 6.60. The molecule has 0 unspecified atom stereocenters. The summed E-state index contributed by atoms with van der Waals surface area (Å²) >= 11 is 0. The molecule has 21 aromatic carbocycles. The molecule has 6 nitrogen and oxygen atoms in total. The van der Waals surface area contributed by atoms with Gasteiger partial charge in [-0.2, -0.15) is 0 Å². The molecule has 25 rings (SSSR count). The topological polar surface area (TPSA) is 59.0 Å². The Morgan fingerprint density at radius 3 is 0.598 bits per heavy atom. The van der Waals surface area contributed by atoms with Gasteiger partial charge in [0.1, 0.15) is 44.7 Å². The van der Waals surface area contributed by atoms with Crippen molar-refractivity contribution in [2.24, 2.45) is 0 Å². The van der Waals surface area contributed by atoms with E-state index >= 15 is 0 Å². The van der Waals surface area contributed by atoms with Crippen LogP contribution in [0.1, 0.15) is 0 Å². The largest absolute Gasteiger partial charge is 0.455 e. The van der Waals surface area contributed by atoms with E-state index in [1.54, 1.807) is 0 Å². The van der Waals surface area contributed by atoms with E-state index in [1.165, 1.54) is 33.4 Å². The third-order valence-corrected chi connectivity index (χ3v) is 25.8. The molecule has 0 N–H and O–H groups in total. The van der Waals surface area contributed by atoms with Crippen LogP contribution in [0.15, 0.2) is 515 Å². The monoisotopic (exact) mass is 1690 g/mol. The number of anilines is 6. The van der Waals surface area contributed by atoms with Crippen LogP contribution in [-0.2, 0) is 0 Å². The van der Waals surface area contributed by atoms with Gasteiger partial charge in [-0.3, -0.25) is 0 Å². The summed E-state index contributed by atoms with van der Waals surface area (Å²) in [5, 5.41) is 8.89. The lowest BCUT2D eigenvalue weighted by Crippen LogP contribution is -2.09. The quantitative estimate of drug-likeness (QED) is 0.0905. The zero-order chi connectivity index (χ0) is 87.4. The minimum absolute atomic E-state index is 0.884. The van der Waals surface area contributed by atoms with Crippen LogP contribution in [0, 0.1) is 0 Å². The average Bonchev–Trinajstić information content (AvgIpc) is 1.58. The third-order valence-electron chi connectivity index (χ3n) is 25.8. The van der Waals surface area contributed by atoms with E-state index in [1.807, 2.05) is 48.5 Å². The molecule has 25 aromatic rings. The van der Waals surface area contributed by atoms with Crippen molar-refractivity contribution < 1.29 is 17.7 Å². The number of nitrogens with zero attached hydrogens (tertiary/aromatic N) is 2. The maximum absolute atomic E-state index is 6.60. The van der Waals surface area contributed by atoms with Gasteiger partial charge in [-0.25, -0.2) is 0 Å². The number of para-hydroxylation sites is 9. The van der Waals surface area contributed by atoms with Crippen molar-refractivity contribution in [2.45, 2.75) is 0 Å². The van der Waals surface area contributed by atoms with E-state index in [-0.39, 0.29) is 0 Å². The van der Waals surface area contributed by atoms with Gasteiger partial charge < -0.3 is 27.5 Å². The first kappa shape index (κ1) is 77.9. The lowest BCUT2D eigenvalue weighted by Gasteiger charge is -2.26. The molecule has 0 bridgehead atoms. The van der Waals surface area contributed by atoms with E-state index in [0.717, 1.165) is 211 Å². The van der Waals surface area contributed by atoms with Gasteiger partial charge in [-0.1, -0.05) is 364 Å². The summed E-state index contributed by atoms with van der Waals surface area (Å²) in [6.45, 7) is 0. The van der Waals surface area contributed by atoms with E-state index in [2.05, 4.69) is 459 Å². The van der Waals surface area contributed by atoms with Crippen LogP contribution in [0.4, 0.5) is 34.1 Å². The number of benzene rings is 21. The second-order valence-electron chi connectivity index (χ2n) is 33.7. The highest BCUT2D eigenvalue weighted by Gasteiger charge is 2.24. The first-order valence-corrected chi connectivity index (χ1v) is 44.9. The molecule has 0 atom stereocenters. The first-order valence-electron chi connectivity index (χ1n) is 44.9. The predicted octanol–water partition coefficient (Wildman–Crippen LogP) is 36.2. The number of hydrogen-bond donors (Lipinski definition) is 0. The Kier molecular flexibility index (Phi) is 19.9. The zero-order valence-corrected chi connectivity index (χ0v) is 71.9. The van der Waals surface area contributed by atoms with Gasteiger partial charge in [0.2, 0.25) is 0 Å². The summed E-state index contributed by atoms with van der Waals surface area (Å²) in [5.74, 6) is 0. The molecule has 0 aliphatic heterocycles. The van der Waals surface area contributed by atoms with Gasteiger partial charge >= 0.3 is 0 Å².